The monoisotopic (exact) mass is 477 g/mol. The first-order valence-electron chi connectivity index (χ1n) is 11.7. The second-order valence-corrected chi connectivity index (χ2v) is 10.4. The Bertz CT molecular complexity index is 1240. The van der Waals surface area contributed by atoms with Crippen LogP contribution in [0, 0.1) is 6.92 Å². The molecule has 1 amide bonds. The van der Waals surface area contributed by atoms with E-state index in [1.807, 2.05) is 24.3 Å². The minimum absolute atomic E-state index is 0.0921. The fourth-order valence-corrected chi connectivity index (χ4v) is 5.60. The van der Waals surface area contributed by atoms with E-state index in [-0.39, 0.29) is 10.8 Å². The van der Waals surface area contributed by atoms with Gasteiger partial charge >= 0.3 is 0 Å². The SMILES string of the molecule is Cc1ccc(C(=O)NCc2ccccc2CN2CCCCC2)cc1S(=O)(=O)Nc1ccccc1. The number of sulfonamides is 1. The average molecular weight is 478 g/mol. The summed E-state index contributed by atoms with van der Waals surface area (Å²) in [5, 5.41) is 2.97. The number of anilines is 1. The largest absolute Gasteiger partial charge is 0.348 e. The van der Waals surface area contributed by atoms with Crippen molar-refractivity contribution in [3.8, 4) is 0 Å². The molecule has 0 unspecified atom stereocenters. The van der Waals surface area contributed by atoms with Crippen molar-refractivity contribution in [2.75, 3.05) is 17.8 Å². The van der Waals surface area contributed by atoms with E-state index in [1.54, 1.807) is 43.3 Å². The summed E-state index contributed by atoms with van der Waals surface area (Å²) >= 11 is 0. The number of carbonyl (C=O) groups excluding carboxylic acids is 1. The zero-order valence-electron chi connectivity index (χ0n) is 19.5. The Morgan fingerprint density at radius 2 is 1.56 bits per heavy atom. The van der Waals surface area contributed by atoms with Crippen LogP contribution < -0.4 is 10.0 Å². The van der Waals surface area contributed by atoms with Crippen molar-refractivity contribution in [2.45, 2.75) is 44.2 Å². The summed E-state index contributed by atoms with van der Waals surface area (Å²) in [7, 11) is -3.83. The molecule has 0 aliphatic carbocycles. The first-order chi connectivity index (χ1) is 16.4. The normalized spacial score (nSPS) is 14.5. The number of benzene rings is 3. The number of amides is 1. The first-order valence-corrected chi connectivity index (χ1v) is 13.2. The third-order valence-corrected chi connectivity index (χ3v) is 7.69. The van der Waals surface area contributed by atoms with Crippen molar-refractivity contribution in [1.82, 2.24) is 10.2 Å². The van der Waals surface area contributed by atoms with Gasteiger partial charge in [0, 0.05) is 24.3 Å². The Morgan fingerprint density at radius 3 is 2.29 bits per heavy atom. The van der Waals surface area contributed by atoms with Crippen LogP contribution in [0.25, 0.3) is 0 Å². The molecular formula is C27H31N3O3S. The van der Waals surface area contributed by atoms with Gasteiger partial charge in [-0.2, -0.15) is 0 Å². The summed E-state index contributed by atoms with van der Waals surface area (Å²) in [6.07, 6.45) is 3.76. The number of rotatable bonds is 8. The van der Waals surface area contributed by atoms with Crippen LogP contribution in [0.4, 0.5) is 5.69 Å². The molecule has 1 saturated heterocycles. The number of hydrogen-bond donors (Lipinski definition) is 2. The predicted molar refractivity (Wildman–Crippen MR) is 135 cm³/mol. The van der Waals surface area contributed by atoms with Crippen molar-refractivity contribution < 1.29 is 13.2 Å². The molecule has 6 nitrogen and oxygen atoms in total. The van der Waals surface area contributed by atoms with Gasteiger partial charge < -0.3 is 5.32 Å². The first kappa shape index (κ1) is 24.0. The molecule has 2 N–H and O–H groups in total. The maximum atomic E-state index is 13.0. The Morgan fingerprint density at radius 1 is 0.882 bits per heavy atom. The molecule has 1 fully saturated rings. The molecule has 3 aromatic carbocycles. The smallest absolute Gasteiger partial charge is 0.262 e. The van der Waals surface area contributed by atoms with Crippen molar-refractivity contribution in [3.05, 3.63) is 95.1 Å². The van der Waals surface area contributed by atoms with Gasteiger partial charge in [-0.05, 0) is 73.8 Å². The summed E-state index contributed by atoms with van der Waals surface area (Å²) in [5.74, 6) is -0.302. The molecule has 1 heterocycles. The number of para-hydroxylation sites is 1. The van der Waals surface area contributed by atoms with E-state index in [1.165, 1.54) is 30.9 Å². The third-order valence-electron chi connectivity index (χ3n) is 6.17. The van der Waals surface area contributed by atoms with E-state index in [9.17, 15) is 13.2 Å². The third kappa shape index (κ3) is 6.04. The minimum atomic E-state index is -3.83. The maximum absolute atomic E-state index is 13.0. The van der Waals surface area contributed by atoms with Crippen LogP contribution in [0.1, 0.15) is 46.3 Å². The number of piperidine rings is 1. The van der Waals surface area contributed by atoms with Crippen molar-refractivity contribution >= 4 is 21.6 Å². The Labute approximate surface area is 202 Å². The van der Waals surface area contributed by atoms with Gasteiger partial charge in [0.15, 0.2) is 0 Å². The number of hydrogen-bond acceptors (Lipinski definition) is 4. The molecule has 0 spiro atoms. The lowest BCUT2D eigenvalue weighted by atomic mass is 10.0. The molecule has 0 atom stereocenters. The molecular weight excluding hydrogens is 446 g/mol. The molecule has 3 aromatic rings. The fraction of sp³-hybridized carbons (Fsp3) is 0.296. The van der Waals surface area contributed by atoms with E-state index < -0.39 is 10.0 Å². The van der Waals surface area contributed by atoms with Gasteiger partial charge in [-0.25, -0.2) is 8.42 Å². The summed E-state index contributed by atoms with van der Waals surface area (Å²) in [6, 6.07) is 21.6. The Balaban J connectivity index is 1.46. The lowest BCUT2D eigenvalue weighted by molar-refractivity contribution is 0.0950. The molecule has 178 valence electrons. The molecule has 7 heteroatoms. The van der Waals surface area contributed by atoms with E-state index in [0.29, 0.717) is 23.4 Å². The number of carbonyl (C=O) groups is 1. The van der Waals surface area contributed by atoms with Crippen LogP contribution in [0.2, 0.25) is 0 Å². The molecule has 1 aliphatic rings. The predicted octanol–water partition coefficient (Wildman–Crippen LogP) is 4.71. The van der Waals surface area contributed by atoms with Crippen LogP contribution in [0.3, 0.4) is 0 Å². The van der Waals surface area contributed by atoms with Gasteiger partial charge in [0.25, 0.3) is 15.9 Å². The molecule has 0 saturated carbocycles. The molecule has 1 aliphatic heterocycles. The van der Waals surface area contributed by atoms with E-state index >= 15 is 0 Å². The van der Waals surface area contributed by atoms with Crippen LogP contribution >= 0.6 is 0 Å². The highest BCUT2D eigenvalue weighted by atomic mass is 32.2. The summed E-state index contributed by atoms with van der Waals surface area (Å²) < 4.78 is 28.5. The van der Waals surface area contributed by atoms with Gasteiger partial charge in [-0.15, -0.1) is 0 Å². The van der Waals surface area contributed by atoms with Crippen LogP contribution in [0.15, 0.2) is 77.7 Å². The van der Waals surface area contributed by atoms with Crippen LogP contribution in [-0.4, -0.2) is 32.3 Å². The molecule has 4 rings (SSSR count). The maximum Gasteiger partial charge on any atom is 0.262 e. The van der Waals surface area contributed by atoms with Crippen molar-refractivity contribution in [3.63, 3.8) is 0 Å². The van der Waals surface area contributed by atoms with Crippen LogP contribution in [-0.2, 0) is 23.1 Å². The van der Waals surface area contributed by atoms with E-state index in [0.717, 1.165) is 25.2 Å². The molecule has 0 aromatic heterocycles. The van der Waals surface area contributed by atoms with Gasteiger partial charge in [-0.3, -0.25) is 14.4 Å². The van der Waals surface area contributed by atoms with Gasteiger partial charge in [0.05, 0.1) is 4.90 Å². The fourth-order valence-electron chi connectivity index (χ4n) is 4.27. The number of nitrogens with one attached hydrogen (secondary N) is 2. The Hall–Kier alpha value is -3.16. The second-order valence-electron chi connectivity index (χ2n) is 8.74. The number of aryl methyl sites for hydroxylation is 1. The quantitative estimate of drug-likeness (QED) is 0.492. The topological polar surface area (TPSA) is 78.5 Å². The summed E-state index contributed by atoms with van der Waals surface area (Å²) in [6.45, 7) is 5.21. The second kappa shape index (κ2) is 10.8. The summed E-state index contributed by atoms with van der Waals surface area (Å²) in [4.78, 5) is 15.5. The highest BCUT2D eigenvalue weighted by molar-refractivity contribution is 7.92. The van der Waals surface area contributed by atoms with Crippen molar-refractivity contribution in [2.24, 2.45) is 0 Å². The van der Waals surface area contributed by atoms with Gasteiger partial charge in [-0.1, -0.05) is 55.0 Å². The lowest BCUT2D eigenvalue weighted by Gasteiger charge is -2.27. The zero-order valence-corrected chi connectivity index (χ0v) is 20.3. The molecule has 34 heavy (non-hydrogen) atoms. The van der Waals surface area contributed by atoms with Crippen LogP contribution in [0.5, 0.6) is 0 Å². The van der Waals surface area contributed by atoms with Gasteiger partial charge in [0.2, 0.25) is 0 Å². The molecule has 0 radical (unpaired) electrons. The van der Waals surface area contributed by atoms with E-state index in [4.69, 9.17) is 0 Å². The lowest BCUT2D eigenvalue weighted by Crippen LogP contribution is -2.30. The number of nitrogens with zero attached hydrogens (tertiary/aromatic N) is 1. The average Bonchev–Trinajstić information content (AvgIpc) is 2.84. The minimum Gasteiger partial charge on any atom is -0.348 e. The number of likely N-dealkylation sites (tertiary alicyclic amines) is 1. The highest BCUT2D eigenvalue weighted by Crippen LogP contribution is 2.21. The van der Waals surface area contributed by atoms with Crippen molar-refractivity contribution in [1.29, 1.82) is 0 Å². The zero-order chi connectivity index (χ0) is 24.0. The molecule has 0 bridgehead atoms. The van der Waals surface area contributed by atoms with E-state index in [2.05, 4.69) is 21.0 Å². The van der Waals surface area contributed by atoms with Gasteiger partial charge in [0.1, 0.15) is 0 Å². The standard InChI is InChI=1S/C27H31N3O3S/c1-21-14-15-22(18-26(21)34(32,33)29-25-12-4-2-5-13-25)27(31)28-19-23-10-6-7-11-24(23)20-30-16-8-3-9-17-30/h2,4-7,10-15,18,29H,3,8-9,16-17,19-20H2,1H3,(H,28,31). The highest BCUT2D eigenvalue weighted by Gasteiger charge is 2.20. The Kier molecular flexibility index (Phi) is 7.65. The summed E-state index contributed by atoms with van der Waals surface area (Å²) in [5.41, 5.74) is 3.65.